The molecule has 0 aliphatic heterocycles. The van der Waals surface area contributed by atoms with Crippen LogP contribution in [-0.2, 0) is 0 Å². The van der Waals surface area contributed by atoms with E-state index in [1.165, 1.54) is 6.07 Å². The first-order chi connectivity index (χ1) is 9.49. The Bertz CT molecular complexity index is 615. The van der Waals surface area contributed by atoms with Crippen LogP contribution in [0.2, 0.25) is 0 Å². The van der Waals surface area contributed by atoms with Crippen LogP contribution in [0.3, 0.4) is 0 Å². The van der Waals surface area contributed by atoms with E-state index in [-0.39, 0.29) is 11.2 Å². The van der Waals surface area contributed by atoms with Crippen molar-refractivity contribution in [3.63, 3.8) is 0 Å². The topological polar surface area (TPSA) is 17.8 Å². The Hall–Kier alpha value is -0.260. The number of nitrogens with zero attached hydrogens (tertiary/aromatic N) is 2. The molecule has 1 heterocycles. The van der Waals surface area contributed by atoms with Crippen molar-refractivity contribution in [1.29, 1.82) is 0 Å². The van der Waals surface area contributed by atoms with Crippen molar-refractivity contribution in [2.45, 2.75) is 31.7 Å². The molecule has 0 aliphatic carbocycles. The summed E-state index contributed by atoms with van der Waals surface area (Å²) in [5.41, 5.74) is 1.59. The molecule has 2 atom stereocenters. The largest absolute Gasteiger partial charge is 0.323 e. The van der Waals surface area contributed by atoms with E-state index in [0.29, 0.717) is 16.0 Å². The number of thioether (sulfide) groups is 1. The maximum atomic E-state index is 13.7. The maximum Gasteiger partial charge on any atom is 0.139 e. The van der Waals surface area contributed by atoms with Gasteiger partial charge in [0.05, 0.1) is 20.9 Å². The van der Waals surface area contributed by atoms with Crippen molar-refractivity contribution in [2.75, 3.05) is 12.0 Å². The van der Waals surface area contributed by atoms with Crippen molar-refractivity contribution in [3.05, 3.63) is 28.2 Å². The molecular formula is C14H17BrClFN2S. The molecule has 0 fully saturated rings. The fraction of sp³-hybridized carbons (Fsp3) is 0.500. The number of hydrogen-bond donors (Lipinski definition) is 0. The van der Waals surface area contributed by atoms with Gasteiger partial charge in [0.15, 0.2) is 0 Å². The molecule has 110 valence electrons. The standard InChI is InChI=1S/C14H17BrClFN2S/c1-4-9(7-20-3)19-13-5-10(15)11(17)6-12(13)18-14(19)8(2)16/h5-6,8-9H,4,7H2,1-3H3. The summed E-state index contributed by atoms with van der Waals surface area (Å²) in [4.78, 5) is 4.53. The molecule has 0 saturated heterocycles. The summed E-state index contributed by atoms with van der Waals surface area (Å²) < 4.78 is 16.3. The molecule has 0 bridgehead atoms. The van der Waals surface area contributed by atoms with Gasteiger partial charge in [-0.1, -0.05) is 6.92 Å². The summed E-state index contributed by atoms with van der Waals surface area (Å²) in [5, 5.41) is -0.208. The Balaban J connectivity index is 2.70. The van der Waals surface area contributed by atoms with Crippen LogP contribution in [-0.4, -0.2) is 21.6 Å². The highest BCUT2D eigenvalue weighted by Crippen LogP contribution is 2.33. The molecule has 0 spiro atoms. The van der Waals surface area contributed by atoms with Crippen molar-refractivity contribution < 1.29 is 4.39 Å². The van der Waals surface area contributed by atoms with Gasteiger partial charge < -0.3 is 4.57 Å². The average Bonchev–Trinajstić information content (AvgIpc) is 2.75. The van der Waals surface area contributed by atoms with Crippen LogP contribution in [0.25, 0.3) is 11.0 Å². The van der Waals surface area contributed by atoms with Gasteiger partial charge in [-0.2, -0.15) is 11.8 Å². The number of aromatic nitrogens is 2. The van der Waals surface area contributed by atoms with E-state index in [1.54, 1.807) is 17.8 Å². The first kappa shape index (κ1) is 16.1. The van der Waals surface area contributed by atoms with Gasteiger partial charge in [-0.15, -0.1) is 11.6 Å². The fourth-order valence-corrected chi connectivity index (χ4v) is 3.60. The van der Waals surface area contributed by atoms with E-state index in [1.807, 2.05) is 6.92 Å². The second-order valence-corrected chi connectivity index (χ2v) is 7.15. The number of imidazole rings is 1. The number of hydrogen-bond acceptors (Lipinski definition) is 2. The lowest BCUT2D eigenvalue weighted by Gasteiger charge is -2.20. The van der Waals surface area contributed by atoms with Gasteiger partial charge in [0.2, 0.25) is 0 Å². The fourth-order valence-electron chi connectivity index (χ4n) is 2.34. The summed E-state index contributed by atoms with van der Waals surface area (Å²) in [6.45, 7) is 4.05. The van der Waals surface area contributed by atoms with Crippen LogP contribution >= 0.6 is 39.3 Å². The molecule has 2 nitrogen and oxygen atoms in total. The molecule has 2 rings (SSSR count). The zero-order valence-corrected chi connectivity index (χ0v) is 14.8. The Morgan fingerprint density at radius 1 is 1.50 bits per heavy atom. The maximum absolute atomic E-state index is 13.7. The third-order valence-corrected chi connectivity index (χ3v) is 4.83. The van der Waals surface area contributed by atoms with Gasteiger partial charge in [0.25, 0.3) is 0 Å². The zero-order chi connectivity index (χ0) is 14.9. The Morgan fingerprint density at radius 2 is 2.20 bits per heavy atom. The highest BCUT2D eigenvalue weighted by molar-refractivity contribution is 9.10. The first-order valence-electron chi connectivity index (χ1n) is 6.49. The molecule has 20 heavy (non-hydrogen) atoms. The minimum Gasteiger partial charge on any atom is -0.323 e. The van der Waals surface area contributed by atoms with Gasteiger partial charge in [-0.05, 0) is 41.6 Å². The molecule has 0 aliphatic rings. The van der Waals surface area contributed by atoms with E-state index in [9.17, 15) is 4.39 Å². The first-order valence-corrected chi connectivity index (χ1v) is 9.11. The summed E-state index contributed by atoms with van der Waals surface area (Å²) in [6, 6.07) is 3.57. The molecule has 1 aromatic carbocycles. The lowest BCUT2D eigenvalue weighted by atomic mass is 10.2. The van der Waals surface area contributed by atoms with Crippen LogP contribution in [0.15, 0.2) is 16.6 Å². The second kappa shape index (κ2) is 6.67. The minimum absolute atomic E-state index is 0.208. The molecule has 1 aromatic heterocycles. The van der Waals surface area contributed by atoms with Crippen molar-refractivity contribution >= 4 is 50.3 Å². The van der Waals surface area contributed by atoms with E-state index in [2.05, 4.69) is 38.7 Å². The molecule has 0 saturated carbocycles. The zero-order valence-electron chi connectivity index (χ0n) is 11.7. The Kier molecular flexibility index (Phi) is 5.37. The van der Waals surface area contributed by atoms with Gasteiger partial charge >= 0.3 is 0 Å². The molecule has 0 N–H and O–H groups in total. The summed E-state index contributed by atoms with van der Waals surface area (Å²) in [5.74, 6) is 1.49. The third kappa shape index (κ3) is 3.00. The number of rotatable bonds is 5. The van der Waals surface area contributed by atoms with Gasteiger partial charge in [0, 0.05) is 17.9 Å². The molecular weight excluding hydrogens is 363 g/mol. The Morgan fingerprint density at radius 3 is 2.75 bits per heavy atom. The number of halogens is 3. The smallest absolute Gasteiger partial charge is 0.139 e. The second-order valence-electron chi connectivity index (χ2n) is 4.73. The molecule has 2 unspecified atom stereocenters. The highest BCUT2D eigenvalue weighted by atomic mass is 79.9. The van der Waals surface area contributed by atoms with Crippen molar-refractivity contribution in [2.24, 2.45) is 0 Å². The van der Waals surface area contributed by atoms with E-state index in [0.717, 1.165) is 23.5 Å². The van der Waals surface area contributed by atoms with Gasteiger partial charge in [-0.25, -0.2) is 9.37 Å². The molecule has 6 heteroatoms. The number of alkyl halides is 1. The van der Waals surface area contributed by atoms with E-state index in [4.69, 9.17) is 11.6 Å². The van der Waals surface area contributed by atoms with E-state index >= 15 is 0 Å². The molecule has 2 aromatic rings. The van der Waals surface area contributed by atoms with Crippen LogP contribution < -0.4 is 0 Å². The van der Waals surface area contributed by atoms with E-state index < -0.39 is 0 Å². The minimum atomic E-state index is -0.297. The number of benzene rings is 1. The van der Waals surface area contributed by atoms with Crippen LogP contribution in [0.4, 0.5) is 4.39 Å². The SMILES string of the molecule is CCC(CSC)n1c(C(C)Cl)nc2cc(F)c(Br)cc21. The van der Waals surface area contributed by atoms with Crippen LogP contribution in [0.5, 0.6) is 0 Å². The van der Waals surface area contributed by atoms with Crippen LogP contribution in [0, 0.1) is 5.82 Å². The summed E-state index contributed by atoms with van der Waals surface area (Å²) >= 11 is 11.3. The predicted octanol–water partition coefficient (Wildman–Crippen LogP) is 5.55. The Labute approximate surface area is 136 Å². The van der Waals surface area contributed by atoms with Gasteiger partial charge in [-0.3, -0.25) is 0 Å². The van der Waals surface area contributed by atoms with Crippen molar-refractivity contribution in [3.8, 4) is 0 Å². The third-order valence-electron chi connectivity index (χ3n) is 3.31. The lowest BCUT2D eigenvalue weighted by Crippen LogP contribution is -2.14. The summed E-state index contributed by atoms with van der Waals surface area (Å²) in [7, 11) is 0. The predicted molar refractivity (Wildman–Crippen MR) is 89.4 cm³/mol. The quantitative estimate of drug-likeness (QED) is 0.634. The normalized spacial score (nSPS) is 14.7. The van der Waals surface area contributed by atoms with Crippen LogP contribution in [0.1, 0.15) is 37.5 Å². The average molecular weight is 380 g/mol. The van der Waals surface area contributed by atoms with Crippen molar-refractivity contribution in [1.82, 2.24) is 9.55 Å². The molecule has 0 radical (unpaired) electrons. The van der Waals surface area contributed by atoms with Gasteiger partial charge in [0.1, 0.15) is 11.6 Å². The monoisotopic (exact) mass is 378 g/mol. The molecule has 0 amide bonds. The highest BCUT2D eigenvalue weighted by Gasteiger charge is 2.21. The number of fused-ring (bicyclic) bond motifs is 1. The lowest BCUT2D eigenvalue weighted by molar-refractivity contribution is 0.530. The summed E-state index contributed by atoms with van der Waals surface area (Å²) in [6.07, 6.45) is 3.07.